The zero-order chi connectivity index (χ0) is 16.9. The number of benzene rings is 1. The van der Waals surface area contributed by atoms with Gasteiger partial charge in [0.15, 0.2) is 0 Å². The molecule has 0 amide bonds. The lowest BCUT2D eigenvalue weighted by atomic mass is 10.1. The van der Waals surface area contributed by atoms with Crippen LogP contribution in [0.4, 0.5) is 23.0 Å². The number of phenols is 1. The molecule has 24 heavy (non-hydrogen) atoms. The first kappa shape index (κ1) is 15.9. The average molecular weight is 331 g/mol. The van der Waals surface area contributed by atoms with Crippen molar-refractivity contribution in [3.8, 4) is 5.75 Å². The van der Waals surface area contributed by atoms with Gasteiger partial charge in [0.2, 0.25) is 5.95 Å². The van der Waals surface area contributed by atoms with Gasteiger partial charge in [-0.25, -0.2) is 9.97 Å². The number of hydrogen-bond acceptors (Lipinski definition) is 8. The third-order valence-corrected chi connectivity index (χ3v) is 3.62. The predicted molar refractivity (Wildman–Crippen MR) is 87.3 cm³/mol. The van der Waals surface area contributed by atoms with Gasteiger partial charge >= 0.3 is 0 Å². The first-order valence-corrected chi connectivity index (χ1v) is 7.57. The molecule has 3 rings (SSSR count). The molecule has 126 valence electrons. The summed E-state index contributed by atoms with van der Waals surface area (Å²) >= 11 is 0. The Morgan fingerprint density at radius 2 is 2.04 bits per heavy atom. The topological polar surface area (TPSA) is 122 Å². The smallest absolute Gasteiger partial charge is 0.296 e. The minimum atomic E-state index is -0.548. The molecule has 1 aliphatic heterocycles. The summed E-state index contributed by atoms with van der Waals surface area (Å²) < 4.78 is 5.56. The van der Waals surface area contributed by atoms with Crippen LogP contribution in [-0.2, 0) is 4.74 Å². The molecule has 0 radical (unpaired) electrons. The van der Waals surface area contributed by atoms with Gasteiger partial charge in [-0.15, -0.1) is 0 Å². The molecule has 9 nitrogen and oxygen atoms in total. The van der Waals surface area contributed by atoms with Crippen molar-refractivity contribution in [1.29, 1.82) is 0 Å². The number of phenolic OH excluding ortho intramolecular Hbond substituents is 1. The summed E-state index contributed by atoms with van der Waals surface area (Å²) in [6, 6.07) is 4.21. The standard InChI is InChI=1S/C15H17N5O4/c21-13-9-12(20(22)23)10(18-14-4-1-2-7-24-14)8-11(13)19-15-16-5-3-6-17-15/h3,5-6,8-9,14,18,21H,1-2,4,7H2,(H,16,17,19). The van der Waals surface area contributed by atoms with Gasteiger partial charge in [-0.3, -0.25) is 10.1 Å². The van der Waals surface area contributed by atoms with Crippen LogP contribution in [0.1, 0.15) is 19.3 Å². The SMILES string of the molecule is O=[N+]([O-])c1cc(O)c(Nc2ncccn2)cc1NC1CCCCO1. The number of ether oxygens (including phenoxy) is 1. The van der Waals surface area contributed by atoms with Crippen LogP contribution in [0, 0.1) is 10.1 Å². The highest BCUT2D eigenvalue weighted by Gasteiger charge is 2.22. The van der Waals surface area contributed by atoms with Crippen molar-refractivity contribution in [3.63, 3.8) is 0 Å². The zero-order valence-electron chi connectivity index (χ0n) is 12.8. The Hall–Kier alpha value is -2.94. The number of aromatic nitrogens is 2. The van der Waals surface area contributed by atoms with Crippen LogP contribution in [0.25, 0.3) is 0 Å². The van der Waals surface area contributed by atoms with E-state index in [1.807, 2.05) is 0 Å². The fourth-order valence-corrected chi connectivity index (χ4v) is 2.46. The number of aromatic hydroxyl groups is 1. The molecule has 1 fully saturated rings. The highest BCUT2D eigenvalue weighted by Crippen LogP contribution is 2.37. The third-order valence-electron chi connectivity index (χ3n) is 3.62. The lowest BCUT2D eigenvalue weighted by Gasteiger charge is -2.24. The zero-order valence-corrected chi connectivity index (χ0v) is 12.8. The Labute approximate surface area is 137 Å². The maximum atomic E-state index is 11.3. The third kappa shape index (κ3) is 3.69. The van der Waals surface area contributed by atoms with E-state index in [1.165, 1.54) is 6.07 Å². The Kier molecular flexibility index (Phi) is 4.71. The monoisotopic (exact) mass is 331 g/mol. The molecule has 1 saturated heterocycles. The van der Waals surface area contributed by atoms with Crippen LogP contribution in [0.15, 0.2) is 30.6 Å². The van der Waals surface area contributed by atoms with E-state index >= 15 is 0 Å². The molecule has 1 aliphatic rings. The van der Waals surface area contributed by atoms with Crippen molar-refractivity contribution in [3.05, 3.63) is 40.7 Å². The molecule has 1 aromatic heterocycles. The molecule has 1 unspecified atom stereocenters. The summed E-state index contributed by atoms with van der Waals surface area (Å²) in [4.78, 5) is 18.7. The van der Waals surface area contributed by atoms with E-state index < -0.39 is 4.92 Å². The molecule has 2 heterocycles. The molecule has 2 aromatic rings. The molecule has 0 spiro atoms. The maximum absolute atomic E-state index is 11.3. The summed E-state index contributed by atoms with van der Waals surface area (Å²) in [7, 11) is 0. The molecule has 0 saturated carbocycles. The normalized spacial score (nSPS) is 17.2. The minimum absolute atomic E-state index is 0.221. The van der Waals surface area contributed by atoms with Crippen LogP contribution in [0.5, 0.6) is 5.75 Å². The first-order chi connectivity index (χ1) is 11.6. The Bertz CT molecular complexity index is 719. The van der Waals surface area contributed by atoms with E-state index in [4.69, 9.17) is 4.74 Å². The summed E-state index contributed by atoms with van der Waals surface area (Å²) in [5.74, 6) is 0.0192. The first-order valence-electron chi connectivity index (χ1n) is 7.57. The van der Waals surface area contributed by atoms with Crippen molar-refractivity contribution in [2.24, 2.45) is 0 Å². The van der Waals surface area contributed by atoms with Crippen molar-refractivity contribution in [2.45, 2.75) is 25.5 Å². The summed E-state index contributed by atoms with van der Waals surface area (Å²) in [6.07, 6.45) is 5.55. The molecule has 9 heteroatoms. The van der Waals surface area contributed by atoms with E-state index in [0.29, 0.717) is 6.61 Å². The predicted octanol–water partition coefficient (Wildman–Crippen LogP) is 2.77. The lowest BCUT2D eigenvalue weighted by molar-refractivity contribution is -0.384. The second-order valence-corrected chi connectivity index (χ2v) is 5.34. The molecule has 3 N–H and O–H groups in total. The molecular formula is C15H17N5O4. The van der Waals surface area contributed by atoms with Crippen molar-refractivity contribution >= 4 is 23.0 Å². The number of nitro groups is 1. The van der Waals surface area contributed by atoms with Gasteiger partial charge in [0.25, 0.3) is 5.69 Å². The second kappa shape index (κ2) is 7.09. The largest absolute Gasteiger partial charge is 0.506 e. The number of nitrogens with zero attached hydrogens (tertiary/aromatic N) is 3. The molecule has 1 aromatic carbocycles. The summed E-state index contributed by atoms with van der Waals surface area (Å²) in [5.41, 5.74) is 0.314. The number of nitrogens with one attached hydrogen (secondary N) is 2. The highest BCUT2D eigenvalue weighted by atomic mass is 16.6. The average Bonchev–Trinajstić information content (AvgIpc) is 2.59. The fraction of sp³-hybridized carbons (Fsp3) is 0.333. The van der Waals surface area contributed by atoms with E-state index in [0.717, 1.165) is 25.3 Å². The summed E-state index contributed by atoms with van der Waals surface area (Å²) in [6.45, 7) is 0.618. The van der Waals surface area contributed by atoms with E-state index in [1.54, 1.807) is 18.5 Å². The fourth-order valence-electron chi connectivity index (χ4n) is 2.46. The van der Waals surface area contributed by atoms with Gasteiger partial charge in [-0.05, 0) is 31.4 Å². The number of hydrogen-bond donors (Lipinski definition) is 3. The highest BCUT2D eigenvalue weighted by molar-refractivity contribution is 5.76. The van der Waals surface area contributed by atoms with E-state index in [2.05, 4.69) is 20.6 Å². The van der Waals surface area contributed by atoms with Crippen LogP contribution in [0.3, 0.4) is 0 Å². The Morgan fingerprint density at radius 1 is 1.25 bits per heavy atom. The van der Waals surface area contributed by atoms with Gasteiger partial charge < -0.3 is 20.5 Å². The molecule has 1 atom stereocenters. The molecular weight excluding hydrogens is 314 g/mol. The van der Waals surface area contributed by atoms with Crippen molar-refractivity contribution in [1.82, 2.24) is 9.97 Å². The minimum Gasteiger partial charge on any atom is -0.506 e. The molecule has 0 bridgehead atoms. The van der Waals surface area contributed by atoms with Gasteiger partial charge in [0.1, 0.15) is 17.7 Å². The number of nitro benzene ring substituents is 1. The van der Waals surface area contributed by atoms with Gasteiger partial charge in [-0.2, -0.15) is 0 Å². The number of rotatable bonds is 5. The van der Waals surface area contributed by atoms with Crippen LogP contribution in [0.2, 0.25) is 0 Å². The van der Waals surface area contributed by atoms with Gasteiger partial charge in [0.05, 0.1) is 16.7 Å². The second-order valence-electron chi connectivity index (χ2n) is 5.34. The Morgan fingerprint density at radius 3 is 2.71 bits per heavy atom. The molecule has 0 aliphatic carbocycles. The summed E-state index contributed by atoms with van der Waals surface area (Å²) in [5, 5.41) is 27.2. The van der Waals surface area contributed by atoms with E-state index in [9.17, 15) is 15.2 Å². The van der Waals surface area contributed by atoms with Crippen LogP contribution in [-0.4, -0.2) is 32.8 Å². The Balaban J connectivity index is 1.89. The van der Waals surface area contributed by atoms with E-state index in [-0.39, 0.29) is 35.0 Å². The van der Waals surface area contributed by atoms with Crippen LogP contribution < -0.4 is 10.6 Å². The quantitative estimate of drug-likeness (QED) is 0.331. The van der Waals surface area contributed by atoms with Gasteiger partial charge in [0, 0.05) is 19.0 Å². The van der Waals surface area contributed by atoms with Gasteiger partial charge in [-0.1, -0.05) is 0 Å². The van der Waals surface area contributed by atoms with Crippen molar-refractivity contribution in [2.75, 3.05) is 17.2 Å². The number of anilines is 3. The lowest BCUT2D eigenvalue weighted by Crippen LogP contribution is -2.27. The van der Waals surface area contributed by atoms with Crippen molar-refractivity contribution < 1.29 is 14.8 Å². The maximum Gasteiger partial charge on any atom is 0.296 e. The van der Waals surface area contributed by atoms with Crippen LogP contribution >= 0.6 is 0 Å².